The molecule has 1 aromatic rings. The van der Waals surface area contributed by atoms with Crippen LogP contribution in [-0.2, 0) is 6.61 Å². The number of methoxy groups -OCH3 is 1. The number of aliphatic hydroxyl groups is 1. The molecule has 0 unspecified atom stereocenters. The minimum atomic E-state index is -1.12. The van der Waals surface area contributed by atoms with Crippen molar-refractivity contribution < 1.29 is 23.7 Å². The number of halogens is 2. The van der Waals surface area contributed by atoms with Crippen molar-refractivity contribution in [1.29, 1.82) is 0 Å². The predicted octanol–water partition coefficient (Wildman–Crippen LogP) is 1.17. The van der Waals surface area contributed by atoms with Crippen LogP contribution in [-0.4, -0.2) is 17.3 Å². The Balaban J connectivity index is 3.41. The molecular formula is C8H8F2O3. The molecule has 5 heteroatoms. The number of hydrogen-bond donors (Lipinski definition) is 2. The van der Waals surface area contributed by atoms with Crippen LogP contribution in [0.2, 0.25) is 0 Å². The Hall–Kier alpha value is -1.36. The van der Waals surface area contributed by atoms with E-state index in [2.05, 4.69) is 4.74 Å². The first-order valence-electron chi connectivity index (χ1n) is 3.46. The quantitative estimate of drug-likeness (QED) is 0.735. The van der Waals surface area contributed by atoms with E-state index in [-0.39, 0.29) is 11.3 Å². The molecule has 0 aromatic heterocycles. The zero-order valence-corrected chi connectivity index (χ0v) is 6.84. The van der Waals surface area contributed by atoms with Crippen LogP contribution in [0.4, 0.5) is 8.78 Å². The fraction of sp³-hybridized carbons (Fsp3) is 0.250. The van der Waals surface area contributed by atoms with Gasteiger partial charge in [0.2, 0.25) is 0 Å². The van der Waals surface area contributed by atoms with Crippen molar-refractivity contribution in [2.45, 2.75) is 6.61 Å². The van der Waals surface area contributed by atoms with Gasteiger partial charge in [-0.3, -0.25) is 0 Å². The summed E-state index contributed by atoms with van der Waals surface area (Å²) in [4.78, 5) is 0. The molecule has 13 heavy (non-hydrogen) atoms. The zero-order valence-electron chi connectivity index (χ0n) is 6.84. The van der Waals surface area contributed by atoms with Gasteiger partial charge in [0.05, 0.1) is 19.3 Å². The van der Waals surface area contributed by atoms with Gasteiger partial charge >= 0.3 is 0 Å². The monoisotopic (exact) mass is 190 g/mol. The second-order valence-electron chi connectivity index (χ2n) is 2.36. The minimum Gasteiger partial charge on any atom is -0.504 e. The Bertz CT molecular complexity index is 326. The second-order valence-corrected chi connectivity index (χ2v) is 2.36. The number of hydrogen-bond acceptors (Lipinski definition) is 3. The van der Waals surface area contributed by atoms with Gasteiger partial charge in [-0.1, -0.05) is 0 Å². The zero-order chi connectivity index (χ0) is 10.0. The SMILES string of the molecule is COc1c(F)cc(F)c(O)c1CO. The topological polar surface area (TPSA) is 49.7 Å². The Kier molecular flexibility index (Phi) is 2.67. The molecule has 0 aliphatic heterocycles. The normalized spacial score (nSPS) is 10.2. The van der Waals surface area contributed by atoms with Crippen molar-refractivity contribution in [2.75, 3.05) is 7.11 Å². The van der Waals surface area contributed by atoms with Crippen molar-refractivity contribution in [3.63, 3.8) is 0 Å². The number of aromatic hydroxyl groups is 1. The van der Waals surface area contributed by atoms with Crippen LogP contribution in [0.5, 0.6) is 11.5 Å². The van der Waals surface area contributed by atoms with Gasteiger partial charge in [-0.25, -0.2) is 8.78 Å². The summed E-state index contributed by atoms with van der Waals surface area (Å²) in [5.74, 6) is -3.22. The summed E-state index contributed by atoms with van der Waals surface area (Å²) < 4.78 is 30.1. The fourth-order valence-electron chi connectivity index (χ4n) is 1.01. The Morgan fingerprint density at radius 3 is 2.46 bits per heavy atom. The van der Waals surface area contributed by atoms with Gasteiger partial charge in [-0.2, -0.15) is 0 Å². The first kappa shape index (κ1) is 9.73. The molecule has 0 radical (unpaired) electrons. The van der Waals surface area contributed by atoms with Crippen LogP contribution in [0.3, 0.4) is 0 Å². The first-order valence-corrected chi connectivity index (χ1v) is 3.46. The molecule has 1 aromatic carbocycles. The van der Waals surface area contributed by atoms with E-state index in [0.717, 1.165) is 7.11 Å². The van der Waals surface area contributed by atoms with E-state index in [1.54, 1.807) is 0 Å². The molecule has 0 amide bonds. The number of ether oxygens (including phenoxy) is 1. The van der Waals surface area contributed by atoms with Crippen molar-refractivity contribution in [3.05, 3.63) is 23.3 Å². The molecule has 0 bridgehead atoms. The van der Waals surface area contributed by atoms with E-state index in [0.29, 0.717) is 6.07 Å². The second kappa shape index (κ2) is 3.57. The van der Waals surface area contributed by atoms with Gasteiger partial charge in [-0.15, -0.1) is 0 Å². The maximum absolute atomic E-state index is 12.9. The van der Waals surface area contributed by atoms with Crippen molar-refractivity contribution in [2.24, 2.45) is 0 Å². The molecular weight excluding hydrogens is 182 g/mol. The smallest absolute Gasteiger partial charge is 0.168 e. The van der Waals surface area contributed by atoms with E-state index in [4.69, 9.17) is 10.2 Å². The third-order valence-electron chi connectivity index (χ3n) is 1.62. The Morgan fingerprint density at radius 2 is 2.00 bits per heavy atom. The van der Waals surface area contributed by atoms with Gasteiger partial charge in [0.1, 0.15) is 0 Å². The number of rotatable bonds is 2. The van der Waals surface area contributed by atoms with E-state index < -0.39 is 24.0 Å². The standard InChI is InChI=1S/C8H8F2O3/c1-13-8-4(3-11)7(12)5(9)2-6(8)10/h2,11-12H,3H2,1H3. The summed E-state index contributed by atoms with van der Waals surface area (Å²) in [6, 6.07) is 0.493. The highest BCUT2D eigenvalue weighted by Crippen LogP contribution is 2.32. The van der Waals surface area contributed by atoms with Gasteiger partial charge in [0.15, 0.2) is 23.1 Å². The van der Waals surface area contributed by atoms with Crippen LogP contribution in [0.25, 0.3) is 0 Å². The van der Waals surface area contributed by atoms with Gasteiger partial charge < -0.3 is 14.9 Å². The molecule has 1 rings (SSSR count). The highest BCUT2D eigenvalue weighted by Gasteiger charge is 2.17. The fourth-order valence-corrected chi connectivity index (χ4v) is 1.01. The highest BCUT2D eigenvalue weighted by molar-refractivity contribution is 5.45. The number of phenols is 1. The Labute approximate surface area is 73.2 Å². The minimum absolute atomic E-state index is 0.292. The molecule has 0 spiro atoms. The highest BCUT2D eigenvalue weighted by atomic mass is 19.1. The third kappa shape index (κ3) is 1.55. The van der Waals surface area contributed by atoms with Crippen molar-refractivity contribution in [3.8, 4) is 11.5 Å². The summed E-state index contributed by atoms with van der Waals surface area (Å²) in [5.41, 5.74) is -0.292. The van der Waals surface area contributed by atoms with Crippen LogP contribution in [0.1, 0.15) is 5.56 Å². The molecule has 0 saturated heterocycles. The number of aliphatic hydroxyl groups excluding tert-OH is 1. The maximum atomic E-state index is 12.9. The predicted molar refractivity (Wildman–Crippen MR) is 40.5 cm³/mol. The number of benzene rings is 1. The van der Waals surface area contributed by atoms with E-state index >= 15 is 0 Å². The molecule has 0 aliphatic rings. The lowest BCUT2D eigenvalue weighted by Gasteiger charge is -2.09. The van der Waals surface area contributed by atoms with Gasteiger partial charge in [-0.05, 0) is 0 Å². The maximum Gasteiger partial charge on any atom is 0.168 e. The van der Waals surface area contributed by atoms with Gasteiger partial charge in [0.25, 0.3) is 0 Å². The van der Waals surface area contributed by atoms with E-state index in [9.17, 15) is 8.78 Å². The largest absolute Gasteiger partial charge is 0.504 e. The summed E-state index contributed by atoms with van der Waals surface area (Å²) in [5, 5.41) is 17.8. The summed E-state index contributed by atoms with van der Waals surface area (Å²) in [7, 11) is 1.16. The Morgan fingerprint density at radius 1 is 1.38 bits per heavy atom. The van der Waals surface area contributed by atoms with Crippen molar-refractivity contribution in [1.82, 2.24) is 0 Å². The van der Waals surface area contributed by atoms with Crippen LogP contribution in [0.15, 0.2) is 6.07 Å². The lowest BCUT2D eigenvalue weighted by molar-refractivity contribution is 0.260. The summed E-state index contributed by atoms with van der Waals surface area (Å²) in [6.07, 6.45) is 0. The first-order chi connectivity index (χ1) is 6.11. The molecule has 0 fully saturated rings. The van der Waals surface area contributed by atoms with E-state index in [1.807, 2.05) is 0 Å². The van der Waals surface area contributed by atoms with Gasteiger partial charge in [0, 0.05) is 6.07 Å². The molecule has 0 aliphatic carbocycles. The average molecular weight is 190 g/mol. The van der Waals surface area contributed by atoms with Crippen LogP contribution in [0, 0.1) is 11.6 Å². The average Bonchev–Trinajstić information content (AvgIpc) is 2.10. The molecule has 3 nitrogen and oxygen atoms in total. The van der Waals surface area contributed by atoms with E-state index in [1.165, 1.54) is 0 Å². The summed E-state index contributed by atoms with van der Waals surface area (Å²) in [6.45, 7) is -0.691. The van der Waals surface area contributed by atoms with Crippen LogP contribution < -0.4 is 4.74 Å². The third-order valence-corrected chi connectivity index (χ3v) is 1.62. The molecule has 0 heterocycles. The van der Waals surface area contributed by atoms with Crippen LogP contribution >= 0.6 is 0 Å². The van der Waals surface area contributed by atoms with Crippen molar-refractivity contribution >= 4 is 0 Å². The molecule has 2 N–H and O–H groups in total. The summed E-state index contributed by atoms with van der Waals surface area (Å²) >= 11 is 0. The molecule has 0 saturated carbocycles. The lowest BCUT2D eigenvalue weighted by Crippen LogP contribution is -1.98. The molecule has 0 atom stereocenters. The lowest BCUT2D eigenvalue weighted by atomic mass is 10.1. The molecule has 72 valence electrons.